The van der Waals surface area contributed by atoms with Crippen LogP contribution in [0.3, 0.4) is 0 Å². The minimum atomic E-state index is -0.809. The zero-order valence-electron chi connectivity index (χ0n) is 21.4. The summed E-state index contributed by atoms with van der Waals surface area (Å²) < 4.78 is 27.1. The lowest BCUT2D eigenvalue weighted by atomic mass is 9.94. The maximum Gasteiger partial charge on any atom is 0.245 e. The van der Waals surface area contributed by atoms with Crippen molar-refractivity contribution in [1.82, 2.24) is 19.8 Å². The third-order valence-electron chi connectivity index (χ3n) is 6.74. The summed E-state index contributed by atoms with van der Waals surface area (Å²) in [4.78, 5) is 31.5. The number of rotatable bonds is 9. The first-order valence-corrected chi connectivity index (χ1v) is 12.4. The van der Waals surface area contributed by atoms with Crippen LogP contribution in [0, 0.1) is 5.82 Å². The number of aromatic nitrogens is 2. The lowest BCUT2D eigenvalue weighted by Gasteiger charge is -2.34. The van der Waals surface area contributed by atoms with Crippen molar-refractivity contribution in [3.8, 4) is 11.5 Å². The standard InChI is InChI=1S/C28H33FN4O4/c1-19(34)31-26(16-22-6-4-5-7-25(22)29)28(35)32-11-8-21(9-12-32)27-30-10-13-33(27)18-20-14-23(36-2)17-24(15-20)37-3/h4-7,10,13-15,17,21,26H,8-9,11-12,16,18H2,1-3H3,(H,31,34). The van der Waals surface area contributed by atoms with E-state index in [1.165, 1.54) is 13.0 Å². The molecule has 9 heteroatoms. The Morgan fingerprint density at radius 2 is 1.78 bits per heavy atom. The number of methoxy groups -OCH3 is 2. The van der Waals surface area contributed by atoms with E-state index in [9.17, 15) is 14.0 Å². The number of ether oxygens (including phenoxy) is 2. The molecule has 0 bridgehead atoms. The van der Waals surface area contributed by atoms with Gasteiger partial charge in [-0.2, -0.15) is 0 Å². The first-order chi connectivity index (χ1) is 17.9. The van der Waals surface area contributed by atoms with Crippen LogP contribution in [0.2, 0.25) is 0 Å². The Labute approximate surface area is 216 Å². The number of carbonyl (C=O) groups is 2. The summed E-state index contributed by atoms with van der Waals surface area (Å²) in [6.07, 6.45) is 5.36. The highest BCUT2D eigenvalue weighted by Crippen LogP contribution is 2.29. The molecule has 0 spiro atoms. The van der Waals surface area contributed by atoms with Gasteiger partial charge in [-0.15, -0.1) is 0 Å². The summed E-state index contributed by atoms with van der Waals surface area (Å²) in [7, 11) is 3.26. The highest BCUT2D eigenvalue weighted by atomic mass is 19.1. The van der Waals surface area contributed by atoms with Gasteiger partial charge in [0.25, 0.3) is 0 Å². The van der Waals surface area contributed by atoms with Crippen molar-refractivity contribution in [2.24, 2.45) is 0 Å². The lowest BCUT2D eigenvalue weighted by molar-refractivity contribution is -0.137. The molecule has 1 fully saturated rings. The molecule has 1 saturated heterocycles. The van der Waals surface area contributed by atoms with Crippen LogP contribution in [0.4, 0.5) is 4.39 Å². The van der Waals surface area contributed by atoms with Crippen LogP contribution in [0.25, 0.3) is 0 Å². The van der Waals surface area contributed by atoms with Crippen LogP contribution in [0.15, 0.2) is 54.9 Å². The molecule has 3 aromatic rings. The molecule has 1 aliphatic heterocycles. The van der Waals surface area contributed by atoms with Crippen LogP contribution in [-0.4, -0.2) is 59.6 Å². The Kier molecular flexibility index (Phi) is 8.43. The number of nitrogens with zero attached hydrogens (tertiary/aromatic N) is 3. The Hall–Kier alpha value is -3.88. The van der Waals surface area contributed by atoms with Gasteiger partial charge in [-0.1, -0.05) is 18.2 Å². The summed E-state index contributed by atoms with van der Waals surface area (Å²) in [5.41, 5.74) is 1.44. The van der Waals surface area contributed by atoms with Gasteiger partial charge in [0.1, 0.15) is 29.2 Å². The van der Waals surface area contributed by atoms with E-state index in [0.717, 1.165) is 35.7 Å². The molecule has 4 rings (SSSR count). The van der Waals surface area contributed by atoms with Crippen LogP contribution in [0.5, 0.6) is 11.5 Å². The number of piperidine rings is 1. The van der Waals surface area contributed by atoms with E-state index in [2.05, 4.69) is 14.9 Å². The predicted molar refractivity (Wildman–Crippen MR) is 137 cm³/mol. The van der Waals surface area contributed by atoms with E-state index in [1.54, 1.807) is 43.5 Å². The van der Waals surface area contributed by atoms with Gasteiger partial charge in [-0.3, -0.25) is 9.59 Å². The predicted octanol–water partition coefficient (Wildman–Crippen LogP) is 3.54. The Balaban J connectivity index is 1.42. The fourth-order valence-electron chi connectivity index (χ4n) is 4.88. The van der Waals surface area contributed by atoms with Crippen molar-refractivity contribution in [1.29, 1.82) is 0 Å². The van der Waals surface area contributed by atoms with E-state index in [0.29, 0.717) is 25.2 Å². The number of amides is 2. The Morgan fingerprint density at radius 3 is 2.41 bits per heavy atom. The zero-order chi connectivity index (χ0) is 26.4. The molecule has 196 valence electrons. The summed E-state index contributed by atoms with van der Waals surface area (Å²) >= 11 is 0. The molecule has 1 aromatic heterocycles. The molecule has 37 heavy (non-hydrogen) atoms. The minimum absolute atomic E-state index is 0.111. The van der Waals surface area contributed by atoms with Crippen molar-refractivity contribution in [3.63, 3.8) is 0 Å². The second kappa shape index (κ2) is 11.9. The molecule has 1 aliphatic rings. The number of imidazole rings is 1. The number of hydrogen-bond donors (Lipinski definition) is 1. The van der Waals surface area contributed by atoms with E-state index in [1.807, 2.05) is 24.4 Å². The zero-order valence-corrected chi connectivity index (χ0v) is 21.4. The van der Waals surface area contributed by atoms with Crippen molar-refractivity contribution >= 4 is 11.8 Å². The largest absolute Gasteiger partial charge is 0.497 e. The summed E-state index contributed by atoms with van der Waals surface area (Å²) in [5, 5.41) is 2.71. The molecule has 1 unspecified atom stereocenters. The van der Waals surface area contributed by atoms with E-state index >= 15 is 0 Å². The molecule has 2 aromatic carbocycles. The molecular weight excluding hydrogens is 475 g/mol. The van der Waals surface area contributed by atoms with Crippen LogP contribution >= 0.6 is 0 Å². The normalized spacial score (nSPS) is 14.8. The molecule has 1 N–H and O–H groups in total. The first-order valence-electron chi connectivity index (χ1n) is 12.4. The molecule has 2 heterocycles. The van der Waals surface area contributed by atoms with Gasteiger partial charge in [0.05, 0.1) is 14.2 Å². The van der Waals surface area contributed by atoms with Gasteiger partial charge in [-0.25, -0.2) is 9.37 Å². The fraction of sp³-hybridized carbons (Fsp3) is 0.393. The van der Waals surface area contributed by atoms with E-state index in [-0.39, 0.29) is 30.0 Å². The maximum absolute atomic E-state index is 14.2. The number of hydrogen-bond acceptors (Lipinski definition) is 5. The number of likely N-dealkylation sites (tertiary alicyclic amines) is 1. The van der Waals surface area contributed by atoms with Gasteiger partial charge < -0.3 is 24.3 Å². The van der Waals surface area contributed by atoms with Crippen molar-refractivity contribution in [2.75, 3.05) is 27.3 Å². The Morgan fingerprint density at radius 1 is 1.11 bits per heavy atom. The van der Waals surface area contributed by atoms with Gasteiger partial charge in [0.15, 0.2) is 0 Å². The topological polar surface area (TPSA) is 85.7 Å². The number of carbonyl (C=O) groups excluding carboxylic acids is 2. The maximum atomic E-state index is 14.2. The van der Waals surface area contributed by atoms with Crippen LogP contribution < -0.4 is 14.8 Å². The molecular formula is C28H33FN4O4. The van der Waals surface area contributed by atoms with Gasteiger partial charge >= 0.3 is 0 Å². The summed E-state index contributed by atoms with van der Waals surface area (Å²) in [5.74, 6) is 1.73. The molecule has 0 saturated carbocycles. The SMILES string of the molecule is COc1cc(Cn2ccnc2C2CCN(C(=O)C(Cc3ccccc3F)NC(C)=O)CC2)cc(OC)c1. The average Bonchev–Trinajstić information content (AvgIpc) is 3.36. The van der Waals surface area contributed by atoms with Gasteiger partial charge in [0, 0.05) is 57.4 Å². The summed E-state index contributed by atoms with van der Waals surface area (Å²) in [6.45, 7) is 3.06. The van der Waals surface area contributed by atoms with Crippen molar-refractivity contribution < 1.29 is 23.5 Å². The fourth-order valence-corrected chi connectivity index (χ4v) is 4.88. The minimum Gasteiger partial charge on any atom is -0.497 e. The quantitative estimate of drug-likeness (QED) is 0.478. The van der Waals surface area contributed by atoms with Gasteiger partial charge in [-0.05, 0) is 42.2 Å². The molecule has 8 nitrogen and oxygen atoms in total. The second-order valence-corrected chi connectivity index (χ2v) is 9.28. The number of benzene rings is 2. The third kappa shape index (κ3) is 6.47. The monoisotopic (exact) mass is 508 g/mol. The number of halogens is 1. The van der Waals surface area contributed by atoms with Crippen LogP contribution in [-0.2, 0) is 22.6 Å². The van der Waals surface area contributed by atoms with E-state index < -0.39 is 6.04 Å². The van der Waals surface area contributed by atoms with Crippen molar-refractivity contribution in [2.45, 2.75) is 44.7 Å². The molecule has 0 radical (unpaired) electrons. The lowest BCUT2D eigenvalue weighted by Crippen LogP contribution is -2.51. The second-order valence-electron chi connectivity index (χ2n) is 9.28. The summed E-state index contributed by atoms with van der Waals surface area (Å²) in [6, 6.07) is 11.3. The highest BCUT2D eigenvalue weighted by molar-refractivity contribution is 5.87. The average molecular weight is 509 g/mol. The van der Waals surface area contributed by atoms with Crippen LogP contribution in [0.1, 0.15) is 42.6 Å². The van der Waals surface area contributed by atoms with Gasteiger partial charge in [0.2, 0.25) is 11.8 Å². The molecule has 2 amide bonds. The number of nitrogens with one attached hydrogen (secondary N) is 1. The smallest absolute Gasteiger partial charge is 0.245 e. The van der Waals surface area contributed by atoms with Crippen molar-refractivity contribution in [3.05, 3.63) is 77.6 Å². The third-order valence-corrected chi connectivity index (χ3v) is 6.74. The Bertz CT molecular complexity index is 1210. The molecule has 0 aliphatic carbocycles. The highest BCUT2D eigenvalue weighted by Gasteiger charge is 2.31. The molecule has 1 atom stereocenters. The van der Waals surface area contributed by atoms with E-state index in [4.69, 9.17) is 9.47 Å². The first kappa shape index (κ1) is 26.2.